The Hall–Kier alpha value is -1.92. The van der Waals surface area contributed by atoms with E-state index in [1.54, 1.807) is 25.4 Å². The number of nitrogens with zero attached hydrogens (tertiary/aromatic N) is 1. The van der Waals surface area contributed by atoms with E-state index >= 15 is 0 Å². The molecular weight excluding hydrogens is 302 g/mol. The van der Waals surface area contributed by atoms with Gasteiger partial charge in [-0.05, 0) is 32.9 Å². The van der Waals surface area contributed by atoms with Gasteiger partial charge in [0.2, 0.25) is 0 Å². The molecule has 0 unspecified atom stereocenters. The zero-order valence-corrected chi connectivity index (χ0v) is 13.9. The molecule has 0 fully saturated rings. The lowest BCUT2D eigenvalue weighted by Crippen LogP contribution is -2.09. The minimum Gasteiger partial charge on any atom is -0.496 e. The zero-order valence-electron chi connectivity index (χ0n) is 13.1. The molecule has 0 aliphatic heterocycles. The molecule has 0 N–H and O–H groups in total. The van der Waals surface area contributed by atoms with Crippen molar-refractivity contribution >= 4 is 10.1 Å². The zero-order chi connectivity index (χ0) is 16.3. The van der Waals surface area contributed by atoms with Gasteiger partial charge in [-0.25, -0.2) is 0 Å². The Balaban J connectivity index is 2.21. The Morgan fingerprint density at radius 1 is 1.09 bits per heavy atom. The SMILES string of the molecule is COc1c(C)cnc(COS(=O)(=O)c2ccc(C)cc2)c1C. The van der Waals surface area contributed by atoms with Crippen LogP contribution in [0.5, 0.6) is 5.75 Å². The normalized spacial score (nSPS) is 11.5. The number of pyridine rings is 1. The van der Waals surface area contributed by atoms with Gasteiger partial charge in [0.15, 0.2) is 0 Å². The molecule has 6 heteroatoms. The fraction of sp³-hybridized carbons (Fsp3) is 0.312. The number of benzene rings is 1. The maximum atomic E-state index is 12.2. The third kappa shape index (κ3) is 3.45. The molecule has 0 saturated heterocycles. The van der Waals surface area contributed by atoms with Crippen LogP contribution in [-0.4, -0.2) is 20.5 Å². The van der Waals surface area contributed by atoms with Gasteiger partial charge in [0.1, 0.15) is 12.4 Å². The predicted molar refractivity (Wildman–Crippen MR) is 83.4 cm³/mol. The van der Waals surface area contributed by atoms with Crippen LogP contribution in [-0.2, 0) is 20.9 Å². The predicted octanol–water partition coefficient (Wildman–Crippen LogP) is 2.92. The molecule has 0 saturated carbocycles. The maximum absolute atomic E-state index is 12.2. The van der Waals surface area contributed by atoms with Gasteiger partial charge in [-0.1, -0.05) is 17.7 Å². The smallest absolute Gasteiger partial charge is 0.297 e. The van der Waals surface area contributed by atoms with E-state index in [-0.39, 0.29) is 11.5 Å². The van der Waals surface area contributed by atoms with Crippen molar-refractivity contribution in [2.24, 2.45) is 0 Å². The molecule has 5 nitrogen and oxygen atoms in total. The Bertz CT molecular complexity index is 767. The Labute approximate surface area is 131 Å². The summed E-state index contributed by atoms with van der Waals surface area (Å²) in [6, 6.07) is 6.52. The van der Waals surface area contributed by atoms with Crippen molar-refractivity contribution in [3.8, 4) is 5.75 Å². The number of aromatic nitrogens is 1. The van der Waals surface area contributed by atoms with Crippen molar-refractivity contribution in [3.63, 3.8) is 0 Å². The second-order valence-electron chi connectivity index (χ2n) is 5.08. The standard InChI is InChI=1S/C16H19NO4S/c1-11-5-7-14(8-6-11)22(18,19)21-10-15-13(3)16(20-4)12(2)9-17-15/h5-9H,10H2,1-4H3. The highest BCUT2D eigenvalue weighted by Gasteiger charge is 2.17. The van der Waals surface area contributed by atoms with Gasteiger partial charge in [-0.15, -0.1) is 0 Å². The summed E-state index contributed by atoms with van der Waals surface area (Å²) in [5.41, 5.74) is 3.20. The molecule has 118 valence electrons. The lowest BCUT2D eigenvalue weighted by atomic mass is 10.1. The van der Waals surface area contributed by atoms with Crippen LogP contribution >= 0.6 is 0 Å². The molecule has 1 aromatic carbocycles. The van der Waals surface area contributed by atoms with Crippen molar-refractivity contribution in [1.82, 2.24) is 4.98 Å². The monoisotopic (exact) mass is 321 g/mol. The molecule has 0 bridgehead atoms. The number of methoxy groups -OCH3 is 1. The summed E-state index contributed by atoms with van der Waals surface area (Å²) >= 11 is 0. The van der Waals surface area contributed by atoms with Crippen LogP contribution in [0.1, 0.15) is 22.4 Å². The summed E-state index contributed by atoms with van der Waals surface area (Å²) in [5.74, 6) is 0.696. The number of aryl methyl sites for hydroxylation is 2. The van der Waals surface area contributed by atoms with Crippen LogP contribution in [0.2, 0.25) is 0 Å². The van der Waals surface area contributed by atoms with Gasteiger partial charge in [-0.2, -0.15) is 8.42 Å². The number of hydrogen-bond acceptors (Lipinski definition) is 5. The molecule has 0 spiro atoms. The van der Waals surface area contributed by atoms with Crippen LogP contribution in [0.3, 0.4) is 0 Å². The maximum Gasteiger partial charge on any atom is 0.297 e. The summed E-state index contributed by atoms with van der Waals surface area (Å²) in [6.45, 7) is 5.48. The van der Waals surface area contributed by atoms with Crippen LogP contribution in [0.25, 0.3) is 0 Å². The molecule has 1 heterocycles. The van der Waals surface area contributed by atoms with Crippen LogP contribution in [0.15, 0.2) is 35.4 Å². The van der Waals surface area contributed by atoms with Gasteiger partial charge in [0, 0.05) is 17.3 Å². The summed E-state index contributed by atoms with van der Waals surface area (Å²) < 4.78 is 34.8. The minimum absolute atomic E-state index is 0.126. The first-order chi connectivity index (χ1) is 10.3. The molecule has 0 aliphatic carbocycles. The van der Waals surface area contributed by atoms with Crippen molar-refractivity contribution in [1.29, 1.82) is 0 Å². The molecule has 2 aromatic rings. The summed E-state index contributed by atoms with van der Waals surface area (Å²) in [5, 5.41) is 0. The van der Waals surface area contributed by atoms with E-state index in [2.05, 4.69) is 4.98 Å². The highest BCUT2D eigenvalue weighted by atomic mass is 32.2. The number of rotatable bonds is 5. The fourth-order valence-corrected chi connectivity index (χ4v) is 3.00. The third-order valence-electron chi connectivity index (χ3n) is 3.41. The summed E-state index contributed by atoms with van der Waals surface area (Å²) in [6.07, 6.45) is 1.64. The summed E-state index contributed by atoms with van der Waals surface area (Å²) in [7, 11) is -2.23. The Morgan fingerprint density at radius 2 is 1.73 bits per heavy atom. The molecule has 0 atom stereocenters. The Kier molecular flexibility index (Phi) is 4.83. The molecule has 2 rings (SSSR count). The van der Waals surface area contributed by atoms with E-state index in [1.165, 1.54) is 12.1 Å². The van der Waals surface area contributed by atoms with E-state index in [4.69, 9.17) is 8.92 Å². The van der Waals surface area contributed by atoms with Gasteiger partial charge < -0.3 is 4.74 Å². The van der Waals surface area contributed by atoms with Crippen LogP contribution in [0, 0.1) is 20.8 Å². The fourth-order valence-electron chi connectivity index (χ4n) is 2.12. The first kappa shape index (κ1) is 16.5. The lowest BCUT2D eigenvalue weighted by molar-refractivity contribution is 0.301. The number of hydrogen-bond donors (Lipinski definition) is 0. The van der Waals surface area contributed by atoms with Gasteiger partial charge in [-0.3, -0.25) is 9.17 Å². The van der Waals surface area contributed by atoms with E-state index < -0.39 is 10.1 Å². The quantitative estimate of drug-likeness (QED) is 0.792. The molecular formula is C16H19NO4S. The van der Waals surface area contributed by atoms with Crippen molar-refractivity contribution in [3.05, 3.63) is 52.8 Å². The highest BCUT2D eigenvalue weighted by molar-refractivity contribution is 7.86. The molecule has 0 radical (unpaired) electrons. The molecule has 22 heavy (non-hydrogen) atoms. The van der Waals surface area contributed by atoms with Crippen LogP contribution < -0.4 is 4.74 Å². The third-order valence-corrected chi connectivity index (χ3v) is 4.69. The lowest BCUT2D eigenvalue weighted by Gasteiger charge is -2.12. The number of ether oxygens (including phenoxy) is 1. The molecule has 0 aliphatic rings. The van der Waals surface area contributed by atoms with Crippen molar-refractivity contribution < 1.29 is 17.3 Å². The van der Waals surface area contributed by atoms with E-state index in [0.29, 0.717) is 11.4 Å². The van der Waals surface area contributed by atoms with E-state index in [0.717, 1.165) is 16.7 Å². The van der Waals surface area contributed by atoms with Crippen LogP contribution in [0.4, 0.5) is 0 Å². The first-order valence-electron chi connectivity index (χ1n) is 6.80. The average Bonchev–Trinajstić information content (AvgIpc) is 2.47. The summed E-state index contributed by atoms with van der Waals surface area (Å²) in [4.78, 5) is 4.36. The topological polar surface area (TPSA) is 65.5 Å². The van der Waals surface area contributed by atoms with E-state index in [1.807, 2.05) is 20.8 Å². The molecule has 0 amide bonds. The minimum atomic E-state index is -3.80. The van der Waals surface area contributed by atoms with Gasteiger partial charge in [0.25, 0.3) is 10.1 Å². The highest BCUT2D eigenvalue weighted by Crippen LogP contribution is 2.25. The second-order valence-corrected chi connectivity index (χ2v) is 6.69. The second kappa shape index (κ2) is 6.46. The van der Waals surface area contributed by atoms with Crippen molar-refractivity contribution in [2.45, 2.75) is 32.3 Å². The average molecular weight is 321 g/mol. The van der Waals surface area contributed by atoms with Gasteiger partial charge >= 0.3 is 0 Å². The van der Waals surface area contributed by atoms with Crippen molar-refractivity contribution in [2.75, 3.05) is 7.11 Å². The Morgan fingerprint density at radius 3 is 2.32 bits per heavy atom. The first-order valence-corrected chi connectivity index (χ1v) is 8.21. The molecule has 1 aromatic heterocycles. The van der Waals surface area contributed by atoms with Gasteiger partial charge in [0.05, 0.1) is 17.7 Å². The largest absolute Gasteiger partial charge is 0.496 e. The van der Waals surface area contributed by atoms with E-state index in [9.17, 15) is 8.42 Å².